The van der Waals surface area contributed by atoms with Crippen molar-refractivity contribution in [3.63, 3.8) is 0 Å². The largest absolute Gasteiger partial charge is 0.489 e. The SMILES string of the molecule is C=C(COc1cccc(F)c1)C(CCCNC(=O)OC(C)(C)C)NC=O. The van der Waals surface area contributed by atoms with E-state index in [1.165, 1.54) is 12.1 Å². The Hall–Kier alpha value is -2.57. The second kappa shape index (κ2) is 10.4. The van der Waals surface area contributed by atoms with Crippen molar-refractivity contribution in [3.05, 3.63) is 42.2 Å². The highest BCUT2D eigenvalue weighted by atomic mass is 19.1. The summed E-state index contributed by atoms with van der Waals surface area (Å²) in [4.78, 5) is 22.4. The molecule has 1 aromatic rings. The third-order valence-electron chi connectivity index (χ3n) is 3.32. The number of benzene rings is 1. The zero-order valence-electron chi connectivity index (χ0n) is 15.5. The van der Waals surface area contributed by atoms with E-state index in [2.05, 4.69) is 17.2 Å². The maximum Gasteiger partial charge on any atom is 0.407 e. The van der Waals surface area contributed by atoms with Crippen LogP contribution in [0.2, 0.25) is 0 Å². The number of ether oxygens (including phenoxy) is 2. The van der Waals surface area contributed by atoms with Gasteiger partial charge in [0.15, 0.2) is 0 Å². The zero-order valence-corrected chi connectivity index (χ0v) is 15.5. The van der Waals surface area contributed by atoms with Gasteiger partial charge >= 0.3 is 6.09 Å². The van der Waals surface area contributed by atoms with Crippen molar-refractivity contribution in [2.45, 2.75) is 45.3 Å². The van der Waals surface area contributed by atoms with Crippen LogP contribution in [0, 0.1) is 5.82 Å². The fraction of sp³-hybridized carbons (Fsp3) is 0.474. The molecule has 1 aromatic carbocycles. The Bertz CT molecular complexity index is 614. The molecule has 26 heavy (non-hydrogen) atoms. The number of rotatable bonds is 10. The van der Waals surface area contributed by atoms with Gasteiger partial charge in [0, 0.05) is 12.6 Å². The second-order valence-electron chi connectivity index (χ2n) is 6.81. The fourth-order valence-electron chi connectivity index (χ4n) is 2.13. The first kappa shape index (κ1) is 21.5. The summed E-state index contributed by atoms with van der Waals surface area (Å²) in [6, 6.07) is 5.50. The third-order valence-corrected chi connectivity index (χ3v) is 3.32. The number of alkyl carbamates (subject to hydrolysis) is 1. The van der Waals surface area contributed by atoms with E-state index in [4.69, 9.17) is 9.47 Å². The third kappa shape index (κ3) is 9.05. The zero-order chi connectivity index (χ0) is 19.6. The smallest absolute Gasteiger partial charge is 0.407 e. The summed E-state index contributed by atoms with van der Waals surface area (Å²) < 4.78 is 23.8. The molecule has 0 aliphatic rings. The molecule has 0 saturated carbocycles. The van der Waals surface area contributed by atoms with Crippen molar-refractivity contribution in [2.75, 3.05) is 13.2 Å². The van der Waals surface area contributed by atoms with Gasteiger partial charge in [-0.1, -0.05) is 12.6 Å². The maximum atomic E-state index is 13.1. The lowest BCUT2D eigenvalue weighted by Crippen LogP contribution is -2.35. The number of hydrogen-bond donors (Lipinski definition) is 2. The summed E-state index contributed by atoms with van der Waals surface area (Å²) in [5, 5.41) is 5.34. The molecular formula is C19H27FN2O4. The van der Waals surface area contributed by atoms with Crippen LogP contribution in [0.5, 0.6) is 5.75 Å². The van der Waals surface area contributed by atoms with E-state index >= 15 is 0 Å². The minimum absolute atomic E-state index is 0.147. The molecule has 0 bridgehead atoms. The molecule has 2 amide bonds. The van der Waals surface area contributed by atoms with Crippen LogP contribution in [0.3, 0.4) is 0 Å². The molecule has 6 nitrogen and oxygen atoms in total. The number of amides is 2. The van der Waals surface area contributed by atoms with Gasteiger partial charge in [-0.25, -0.2) is 9.18 Å². The number of carbonyl (C=O) groups excluding carboxylic acids is 2. The van der Waals surface area contributed by atoms with Gasteiger partial charge in [-0.3, -0.25) is 4.79 Å². The van der Waals surface area contributed by atoms with Crippen molar-refractivity contribution in [1.29, 1.82) is 0 Å². The first-order valence-corrected chi connectivity index (χ1v) is 8.44. The van der Waals surface area contributed by atoms with Crippen LogP contribution in [0.1, 0.15) is 33.6 Å². The van der Waals surface area contributed by atoms with E-state index in [9.17, 15) is 14.0 Å². The molecule has 2 N–H and O–H groups in total. The lowest BCUT2D eigenvalue weighted by atomic mass is 10.0. The normalized spacial score (nSPS) is 12.0. The molecule has 0 aromatic heterocycles. The van der Waals surface area contributed by atoms with Gasteiger partial charge in [0.05, 0.1) is 6.04 Å². The lowest BCUT2D eigenvalue weighted by Gasteiger charge is -2.21. The van der Waals surface area contributed by atoms with Gasteiger partial charge in [-0.2, -0.15) is 0 Å². The van der Waals surface area contributed by atoms with Crippen LogP contribution in [0.4, 0.5) is 9.18 Å². The Morgan fingerprint density at radius 3 is 2.73 bits per heavy atom. The number of halogens is 1. The molecule has 144 valence electrons. The molecule has 0 aliphatic carbocycles. The predicted octanol–water partition coefficient (Wildman–Crippen LogP) is 3.18. The Morgan fingerprint density at radius 1 is 1.38 bits per heavy atom. The van der Waals surface area contributed by atoms with Crippen LogP contribution in [0.25, 0.3) is 0 Å². The molecule has 0 aliphatic heterocycles. The predicted molar refractivity (Wildman–Crippen MR) is 97.5 cm³/mol. The van der Waals surface area contributed by atoms with E-state index in [0.717, 1.165) is 0 Å². The second-order valence-corrected chi connectivity index (χ2v) is 6.81. The van der Waals surface area contributed by atoms with E-state index < -0.39 is 11.7 Å². The quantitative estimate of drug-likeness (QED) is 0.379. The van der Waals surface area contributed by atoms with E-state index in [-0.39, 0.29) is 18.5 Å². The van der Waals surface area contributed by atoms with Crippen molar-refractivity contribution in [2.24, 2.45) is 0 Å². The van der Waals surface area contributed by atoms with Gasteiger partial charge in [-0.05, 0) is 51.3 Å². The fourth-order valence-corrected chi connectivity index (χ4v) is 2.13. The molecule has 0 heterocycles. The molecule has 0 spiro atoms. The first-order valence-electron chi connectivity index (χ1n) is 8.44. The minimum atomic E-state index is -0.547. The molecule has 0 radical (unpaired) electrons. The molecule has 0 fully saturated rings. The summed E-state index contributed by atoms with van der Waals surface area (Å²) in [6.45, 7) is 9.85. The number of hydrogen-bond acceptors (Lipinski definition) is 4. The molecular weight excluding hydrogens is 339 g/mol. The Kier molecular flexibility index (Phi) is 8.61. The van der Waals surface area contributed by atoms with Crippen LogP contribution in [0.15, 0.2) is 36.4 Å². The average Bonchev–Trinajstić information content (AvgIpc) is 2.54. The van der Waals surface area contributed by atoms with Crippen molar-refractivity contribution >= 4 is 12.5 Å². The first-order chi connectivity index (χ1) is 12.2. The van der Waals surface area contributed by atoms with Crippen LogP contribution in [-0.2, 0) is 9.53 Å². The molecule has 7 heteroatoms. The van der Waals surface area contributed by atoms with Crippen molar-refractivity contribution in [1.82, 2.24) is 10.6 Å². The average molecular weight is 366 g/mol. The summed E-state index contributed by atoms with van der Waals surface area (Å²) in [5.74, 6) is 0.00601. The van der Waals surface area contributed by atoms with Gasteiger partial charge in [0.2, 0.25) is 6.41 Å². The highest BCUT2D eigenvalue weighted by Gasteiger charge is 2.16. The van der Waals surface area contributed by atoms with Gasteiger partial charge in [-0.15, -0.1) is 0 Å². The van der Waals surface area contributed by atoms with Crippen LogP contribution in [-0.4, -0.2) is 37.3 Å². The number of nitrogens with one attached hydrogen (secondary N) is 2. The summed E-state index contributed by atoms with van der Waals surface area (Å²) in [6.07, 6.45) is 1.30. The molecule has 1 atom stereocenters. The van der Waals surface area contributed by atoms with E-state index in [1.807, 2.05) is 0 Å². The van der Waals surface area contributed by atoms with Gasteiger partial charge in [0.1, 0.15) is 23.8 Å². The molecule has 1 rings (SSSR count). The Labute approximate surface area is 153 Å². The highest BCUT2D eigenvalue weighted by Crippen LogP contribution is 2.15. The Balaban J connectivity index is 2.38. The summed E-state index contributed by atoms with van der Waals surface area (Å²) in [7, 11) is 0. The maximum absolute atomic E-state index is 13.1. The monoisotopic (exact) mass is 366 g/mol. The highest BCUT2D eigenvalue weighted by molar-refractivity contribution is 5.67. The molecule has 0 saturated heterocycles. The van der Waals surface area contributed by atoms with Crippen molar-refractivity contribution in [3.8, 4) is 5.75 Å². The van der Waals surface area contributed by atoms with E-state index in [1.54, 1.807) is 32.9 Å². The Morgan fingerprint density at radius 2 is 2.12 bits per heavy atom. The van der Waals surface area contributed by atoms with Crippen molar-refractivity contribution < 1.29 is 23.5 Å². The van der Waals surface area contributed by atoms with Crippen LogP contribution >= 0.6 is 0 Å². The topological polar surface area (TPSA) is 76.7 Å². The molecule has 1 unspecified atom stereocenters. The number of carbonyl (C=O) groups is 2. The standard InChI is InChI=1S/C19H27FN2O4/c1-14(12-25-16-8-5-7-15(20)11-16)17(22-13-23)9-6-10-21-18(24)26-19(2,3)4/h5,7-8,11,13,17H,1,6,9-10,12H2,2-4H3,(H,21,24)(H,22,23). The van der Waals surface area contributed by atoms with Crippen LogP contribution < -0.4 is 15.4 Å². The van der Waals surface area contributed by atoms with Gasteiger partial charge in [0.25, 0.3) is 0 Å². The lowest BCUT2D eigenvalue weighted by molar-refractivity contribution is -0.110. The minimum Gasteiger partial charge on any atom is -0.489 e. The summed E-state index contributed by atoms with van der Waals surface area (Å²) in [5.41, 5.74) is 0.104. The summed E-state index contributed by atoms with van der Waals surface area (Å²) >= 11 is 0. The van der Waals surface area contributed by atoms with E-state index in [0.29, 0.717) is 37.1 Å². The van der Waals surface area contributed by atoms with Gasteiger partial charge < -0.3 is 20.1 Å².